The van der Waals surface area contributed by atoms with Crippen molar-refractivity contribution in [3.8, 4) is 0 Å². The summed E-state index contributed by atoms with van der Waals surface area (Å²) in [6.07, 6.45) is 2.98. The van der Waals surface area contributed by atoms with Crippen LogP contribution in [0.25, 0.3) is 0 Å². The SMILES string of the molecule is Cc1ccccc1NC(=O)COC(=O)c1ccncc1. The van der Waals surface area contributed by atoms with Crippen molar-refractivity contribution in [2.45, 2.75) is 6.92 Å². The lowest BCUT2D eigenvalue weighted by atomic mass is 10.2. The Labute approximate surface area is 116 Å². The second kappa shape index (κ2) is 6.47. The van der Waals surface area contributed by atoms with Crippen molar-refractivity contribution in [2.75, 3.05) is 11.9 Å². The quantitative estimate of drug-likeness (QED) is 0.865. The maximum atomic E-state index is 11.7. The highest BCUT2D eigenvalue weighted by Crippen LogP contribution is 2.12. The van der Waals surface area contributed by atoms with Crippen LogP contribution in [0.5, 0.6) is 0 Å². The molecule has 0 aliphatic carbocycles. The van der Waals surface area contributed by atoms with Crippen LogP contribution in [-0.4, -0.2) is 23.5 Å². The minimum absolute atomic E-state index is 0.324. The molecule has 1 aromatic carbocycles. The minimum Gasteiger partial charge on any atom is -0.452 e. The molecule has 102 valence electrons. The normalized spacial score (nSPS) is 9.85. The highest BCUT2D eigenvalue weighted by molar-refractivity contribution is 5.95. The van der Waals surface area contributed by atoms with Crippen LogP contribution < -0.4 is 5.32 Å². The van der Waals surface area contributed by atoms with E-state index < -0.39 is 5.97 Å². The molecule has 0 fully saturated rings. The largest absolute Gasteiger partial charge is 0.452 e. The van der Waals surface area contributed by atoms with Crippen molar-refractivity contribution >= 4 is 17.6 Å². The first kappa shape index (κ1) is 13.7. The van der Waals surface area contributed by atoms with Gasteiger partial charge in [0.05, 0.1) is 5.56 Å². The van der Waals surface area contributed by atoms with Gasteiger partial charge < -0.3 is 10.1 Å². The lowest BCUT2D eigenvalue weighted by Gasteiger charge is -2.08. The number of hydrogen-bond donors (Lipinski definition) is 1. The number of aromatic nitrogens is 1. The molecule has 0 saturated heterocycles. The van der Waals surface area contributed by atoms with Gasteiger partial charge in [-0.2, -0.15) is 0 Å². The van der Waals surface area contributed by atoms with Crippen LogP contribution >= 0.6 is 0 Å². The van der Waals surface area contributed by atoms with Crippen molar-refractivity contribution in [1.29, 1.82) is 0 Å². The van der Waals surface area contributed by atoms with Crippen molar-refractivity contribution in [2.24, 2.45) is 0 Å². The summed E-state index contributed by atoms with van der Waals surface area (Å²) in [5.74, 6) is -0.922. The van der Waals surface area contributed by atoms with Crippen LogP contribution in [0, 0.1) is 6.92 Å². The minimum atomic E-state index is -0.549. The van der Waals surface area contributed by atoms with Crippen molar-refractivity contribution in [3.05, 3.63) is 59.9 Å². The molecule has 2 aromatic rings. The zero-order valence-corrected chi connectivity index (χ0v) is 11.0. The third-order valence-electron chi connectivity index (χ3n) is 2.67. The molecule has 0 bridgehead atoms. The molecule has 2 rings (SSSR count). The van der Waals surface area contributed by atoms with E-state index >= 15 is 0 Å². The topological polar surface area (TPSA) is 68.3 Å². The zero-order chi connectivity index (χ0) is 14.4. The first-order valence-corrected chi connectivity index (χ1v) is 6.09. The van der Waals surface area contributed by atoms with Gasteiger partial charge in [0.25, 0.3) is 5.91 Å². The molecule has 0 radical (unpaired) electrons. The number of anilines is 1. The van der Waals surface area contributed by atoms with Gasteiger partial charge in [-0.1, -0.05) is 18.2 Å². The number of amides is 1. The summed E-state index contributed by atoms with van der Waals surface area (Å²) in [6.45, 7) is 1.56. The van der Waals surface area contributed by atoms with Crippen LogP contribution in [0.3, 0.4) is 0 Å². The molecular weight excluding hydrogens is 256 g/mol. The maximum Gasteiger partial charge on any atom is 0.338 e. The van der Waals surface area contributed by atoms with Crippen molar-refractivity contribution in [3.63, 3.8) is 0 Å². The summed E-state index contributed by atoms with van der Waals surface area (Å²) in [4.78, 5) is 27.1. The standard InChI is InChI=1S/C15H14N2O3/c1-11-4-2-3-5-13(11)17-14(18)10-20-15(19)12-6-8-16-9-7-12/h2-9H,10H2,1H3,(H,17,18). The number of carbonyl (C=O) groups excluding carboxylic acids is 2. The van der Waals surface area contributed by atoms with Crippen LogP contribution in [0.15, 0.2) is 48.8 Å². The van der Waals surface area contributed by atoms with Gasteiger partial charge in [-0.15, -0.1) is 0 Å². The third kappa shape index (κ3) is 3.65. The Morgan fingerprint density at radius 3 is 2.55 bits per heavy atom. The lowest BCUT2D eigenvalue weighted by molar-refractivity contribution is -0.119. The number of rotatable bonds is 4. The third-order valence-corrected chi connectivity index (χ3v) is 2.67. The second-order valence-corrected chi connectivity index (χ2v) is 4.18. The Bertz CT molecular complexity index is 612. The van der Waals surface area contributed by atoms with Gasteiger partial charge in [0.1, 0.15) is 0 Å². The summed E-state index contributed by atoms with van der Waals surface area (Å²) in [5, 5.41) is 2.69. The molecule has 20 heavy (non-hydrogen) atoms. The molecule has 5 nitrogen and oxygen atoms in total. The van der Waals surface area contributed by atoms with Crippen LogP contribution in [0.1, 0.15) is 15.9 Å². The van der Waals surface area contributed by atoms with Gasteiger partial charge in [0.2, 0.25) is 0 Å². The number of para-hydroxylation sites is 1. The van der Waals surface area contributed by atoms with E-state index in [1.165, 1.54) is 24.5 Å². The molecule has 0 unspecified atom stereocenters. The highest BCUT2D eigenvalue weighted by Gasteiger charge is 2.10. The van der Waals surface area contributed by atoms with Gasteiger partial charge in [-0.25, -0.2) is 4.79 Å². The van der Waals surface area contributed by atoms with Crippen LogP contribution in [0.4, 0.5) is 5.69 Å². The Balaban J connectivity index is 1.87. The number of ether oxygens (including phenoxy) is 1. The van der Waals surface area contributed by atoms with Gasteiger partial charge in [0, 0.05) is 18.1 Å². The molecule has 0 aliphatic rings. The average Bonchev–Trinajstić information content (AvgIpc) is 2.48. The predicted molar refractivity (Wildman–Crippen MR) is 74.3 cm³/mol. The maximum absolute atomic E-state index is 11.7. The average molecular weight is 270 g/mol. The highest BCUT2D eigenvalue weighted by atomic mass is 16.5. The van der Waals surface area contributed by atoms with Crippen molar-refractivity contribution in [1.82, 2.24) is 4.98 Å². The fourth-order valence-electron chi connectivity index (χ4n) is 1.60. The lowest BCUT2D eigenvalue weighted by Crippen LogP contribution is -2.21. The Morgan fingerprint density at radius 1 is 1.15 bits per heavy atom. The molecule has 1 amide bonds. The van der Waals surface area contributed by atoms with E-state index in [2.05, 4.69) is 10.3 Å². The van der Waals surface area contributed by atoms with Gasteiger partial charge in [0.15, 0.2) is 6.61 Å². The first-order chi connectivity index (χ1) is 9.66. The fraction of sp³-hybridized carbons (Fsp3) is 0.133. The predicted octanol–water partition coefficient (Wildman–Crippen LogP) is 2.19. The Morgan fingerprint density at radius 2 is 1.85 bits per heavy atom. The number of benzene rings is 1. The number of esters is 1. The molecular formula is C15H14N2O3. The fourth-order valence-corrected chi connectivity index (χ4v) is 1.60. The van der Waals surface area contributed by atoms with Crippen LogP contribution in [0.2, 0.25) is 0 Å². The number of pyridine rings is 1. The number of nitrogens with one attached hydrogen (secondary N) is 1. The smallest absolute Gasteiger partial charge is 0.338 e. The Hall–Kier alpha value is -2.69. The summed E-state index contributed by atoms with van der Waals surface area (Å²) >= 11 is 0. The number of hydrogen-bond acceptors (Lipinski definition) is 4. The van der Waals surface area contributed by atoms with E-state index in [4.69, 9.17) is 4.74 Å². The molecule has 0 saturated carbocycles. The van der Waals surface area contributed by atoms with E-state index in [0.29, 0.717) is 11.3 Å². The molecule has 1 N–H and O–H groups in total. The van der Waals surface area contributed by atoms with E-state index in [9.17, 15) is 9.59 Å². The first-order valence-electron chi connectivity index (χ1n) is 6.09. The number of carbonyl (C=O) groups is 2. The van der Waals surface area contributed by atoms with Crippen molar-refractivity contribution < 1.29 is 14.3 Å². The monoisotopic (exact) mass is 270 g/mol. The van der Waals surface area contributed by atoms with Gasteiger partial charge in [-0.3, -0.25) is 9.78 Å². The van der Waals surface area contributed by atoms with E-state index in [1.54, 1.807) is 6.07 Å². The Kier molecular flexibility index (Phi) is 4.44. The molecule has 5 heteroatoms. The summed E-state index contributed by atoms with van der Waals surface area (Å²) in [5.41, 5.74) is 2.02. The number of aryl methyl sites for hydroxylation is 1. The molecule has 0 spiro atoms. The van der Waals surface area contributed by atoms with E-state index in [1.807, 2.05) is 25.1 Å². The summed E-state index contributed by atoms with van der Waals surface area (Å²) in [6, 6.07) is 10.4. The summed E-state index contributed by atoms with van der Waals surface area (Å²) < 4.78 is 4.92. The van der Waals surface area contributed by atoms with Gasteiger partial charge >= 0.3 is 5.97 Å². The van der Waals surface area contributed by atoms with Gasteiger partial charge in [-0.05, 0) is 30.7 Å². The molecule has 1 heterocycles. The number of nitrogens with zero attached hydrogens (tertiary/aromatic N) is 1. The van der Waals surface area contributed by atoms with E-state index in [0.717, 1.165) is 5.56 Å². The molecule has 0 aliphatic heterocycles. The summed E-state index contributed by atoms with van der Waals surface area (Å²) in [7, 11) is 0. The van der Waals surface area contributed by atoms with E-state index in [-0.39, 0.29) is 12.5 Å². The van der Waals surface area contributed by atoms with Crippen LogP contribution in [-0.2, 0) is 9.53 Å². The molecule has 1 aromatic heterocycles. The second-order valence-electron chi connectivity index (χ2n) is 4.18. The molecule has 0 atom stereocenters. The zero-order valence-electron chi connectivity index (χ0n) is 11.0.